The van der Waals surface area contributed by atoms with E-state index in [1.807, 2.05) is 74.5 Å². The summed E-state index contributed by atoms with van der Waals surface area (Å²) in [5.41, 5.74) is 4.85. The molecule has 0 aromatic heterocycles. The number of anilines is 1. The van der Waals surface area contributed by atoms with Crippen LogP contribution in [0.15, 0.2) is 72.8 Å². The van der Waals surface area contributed by atoms with E-state index in [1.54, 1.807) is 7.11 Å². The number of hydrogen-bond acceptors (Lipinski definition) is 4. The molecule has 0 radical (unpaired) electrons. The molecule has 1 fully saturated rings. The zero-order valence-corrected chi connectivity index (χ0v) is 24.1. The molecule has 2 N–H and O–H groups in total. The zero-order valence-electron chi connectivity index (χ0n) is 24.1. The first-order valence-electron chi connectivity index (χ1n) is 14.6. The minimum absolute atomic E-state index is 0.138. The number of methoxy groups -OCH3 is 1. The topological polar surface area (TPSA) is 70.7 Å². The van der Waals surface area contributed by atoms with E-state index in [4.69, 9.17) is 4.74 Å². The largest absolute Gasteiger partial charge is 0.497 e. The summed E-state index contributed by atoms with van der Waals surface area (Å²) < 4.78 is 5.37. The van der Waals surface area contributed by atoms with E-state index in [2.05, 4.69) is 27.7 Å². The third kappa shape index (κ3) is 7.95. The Morgan fingerprint density at radius 3 is 2.05 bits per heavy atom. The lowest BCUT2D eigenvalue weighted by atomic mass is 9.99. The third-order valence-electron chi connectivity index (χ3n) is 7.86. The number of para-hydroxylation sites is 1. The number of hydrogen-bond donors (Lipinski definition) is 2. The van der Waals surface area contributed by atoms with E-state index in [0.29, 0.717) is 12.8 Å². The fourth-order valence-corrected chi connectivity index (χ4v) is 5.54. The molecule has 2 amide bonds. The van der Waals surface area contributed by atoms with Crippen LogP contribution in [-0.2, 0) is 16.0 Å². The minimum atomic E-state index is -0.679. The van der Waals surface area contributed by atoms with E-state index in [-0.39, 0.29) is 11.8 Å². The van der Waals surface area contributed by atoms with Gasteiger partial charge in [-0.3, -0.25) is 14.5 Å². The number of carbonyl (C=O) groups is 2. The second kappa shape index (κ2) is 14.7. The molecule has 0 aliphatic carbocycles. The fraction of sp³-hybridized carbons (Fsp3) is 0.412. The van der Waals surface area contributed by atoms with Crippen LogP contribution in [0, 0.1) is 13.8 Å². The molecule has 2 unspecified atom stereocenters. The average Bonchev–Trinajstić information content (AvgIpc) is 2.95. The van der Waals surface area contributed by atoms with Crippen molar-refractivity contribution in [3.05, 3.63) is 95.1 Å². The highest BCUT2D eigenvalue weighted by molar-refractivity contribution is 5.99. The number of rotatable bonds is 10. The normalized spacial score (nSPS) is 15.8. The van der Waals surface area contributed by atoms with Gasteiger partial charge in [0.2, 0.25) is 11.8 Å². The Labute approximate surface area is 239 Å². The molecule has 6 nitrogen and oxygen atoms in total. The number of benzene rings is 3. The highest BCUT2D eigenvalue weighted by atomic mass is 16.5. The van der Waals surface area contributed by atoms with Gasteiger partial charge in [0.25, 0.3) is 0 Å². The van der Waals surface area contributed by atoms with E-state index in [0.717, 1.165) is 59.6 Å². The van der Waals surface area contributed by atoms with E-state index in [9.17, 15) is 9.59 Å². The molecule has 6 heteroatoms. The van der Waals surface area contributed by atoms with Crippen LogP contribution in [0.25, 0.3) is 0 Å². The summed E-state index contributed by atoms with van der Waals surface area (Å²) in [6, 6.07) is 22.7. The molecule has 0 saturated carbocycles. The molecule has 0 bridgehead atoms. The summed E-state index contributed by atoms with van der Waals surface area (Å²) in [7, 11) is 1.64. The van der Waals surface area contributed by atoms with Gasteiger partial charge in [0.1, 0.15) is 17.8 Å². The van der Waals surface area contributed by atoms with Crippen LogP contribution in [0.3, 0.4) is 0 Å². The quantitative estimate of drug-likeness (QED) is 0.313. The van der Waals surface area contributed by atoms with Crippen LogP contribution in [0.1, 0.15) is 66.8 Å². The number of carbonyl (C=O) groups excluding carboxylic acids is 2. The summed E-state index contributed by atoms with van der Waals surface area (Å²) in [5.74, 6) is 0.424. The maximum Gasteiger partial charge on any atom is 0.246 e. The average molecular weight is 542 g/mol. The Morgan fingerprint density at radius 1 is 0.800 bits per heavy atom. The number of ether oxygens (including phenoxy) is 1. The number of aryl methyl sites for hydroxylation is 3. The van der Waals surface area contributed by atoms with Crippen LogP contribution in [0.5, 0.6) is 5.75 Å². The highest BCUT2D eigenvalue weighted by Gasteiger charge is 2.31. The number of nitrogens with one attached hydrogen (secondary N) is 2. The fourth-order valence-electron chi connectivity index (χ4n) is 5.54. The molecule has 3 aromatic rings. The molecule has 3 aromatic carbocycles. The zero-order chi connectivity index (χ0) is 28.3. The van der Waals surface area contributed by atoms with Crippen LogP contribution in [0.2, 0.25) is 0 Å². The Bertz CT molecular complexity index is 1210. The van der Waals surface area contributed by atoms with Crippen molar-refractivity contribution < 1.29 is 14.3 Å². The molecule has 2 atom stereocenters. The first-order valence-corrected chi connectivity index (χ1v) is 14.6. The maximum atomic E-state index is 14.1. The van der Waals surface area contributed by atoms with Crippen LogP contribution >= 0.6 is 0 Å². The Kier molecular flexibility index (Phi) is 10.8. The third-order valence-corrected chi connectivity index (χ3v) is 7.86. The monoisotopic (exact) mass is 541 g/mol. The van der Waals surface area contributed by atoms with Gasteiger partial charge in [-0.15, -0.1) is 0 Å². The van der Waals surface area contributed by atoms with Crippen LogP contribution in [0.4, 0.5) is 5.69 Å². The van der Waals surface area contributed by atoms with E-state index >= 15 is 0 Å². The van der Waals surface area contributed by atoms with Gasteiger partial charge >= 0.3 is 0 Å². The van der Waals surface area contributed by atoms with Crippen molar-refractivity contribution in [1.82, 2.24) is 10.2 Å². The Morgan fingerprint density at radius 2 is 1.43 bits per heavy atom. The molecule has 0 spiro atoms. The van der Waals surface area contributed by atoms with Gasteiger partial charge < -0.3 is 15.4 Å². The molecular formula is C34H43N3O3. The molecule has 40 heavy (non-hydrogen) atoms. The van der Waals surface area contributed by atoms with Gasteiger partial charge in [-0.2, -0.15) is 0 Å². The number of amides is 2. The summed E-state index contributed by atoms with van der Waals surface area (Å²) >= 11 is 0. The first kappa shape index (κ1) is 29.3. The predicted octanol–water partition coefficient (Wildman–Crippen LogP) is 6.38. The minimum Gasteiger partial charge on any atom is -0.497 e. The summed E-state index contributed by atoms with van der Waals surface area (Å²) in [4.78, 5) is 30.2. The van der Waals surface area contributed by atoms with Gasteiger partial charge in [0, 0.05) is 5.69 Å². The van der Waals surface area contributed by atoms with Gasteiger partial charge in [-0.25, -0.2) is 0 Å². The molecule has 1 saturated heterocycles. The van der Waals surface area contributed by atoms with Crippen molar-refractivity contribution in [2.45, 2.75) is 70.9 Å². The van der Waals surface area contributed by atoms with Crippen molar-refractivity contribution in [2.24, 2.45) is 0 Å². The summed E-state index contributed by atoms with van der Waals surface area (Å²) in [5, 5.41) is 6.31. The van der Waals surface area contributed by atoms with Crippen molar-refractivity contribution in [3.63, 3.8) is 0 Å². The second-order valence-electron chi connectivity index (χ2n) is 10.8. The van der Waals surface area contributed by atoms with Crippen LogP contribution in [-0.4, -0.2) is 43.0 Å². The number of likely N-dealkylation sites (tertiary alicyclic amines) is 1. The molecular weight excluding hydrogens is 498 g/mol. The molecule has 1 aliphatic heterocycles. The van der Waals surface area contributed by atoms with Crippen molar-refractivity contribution >= 4 is 17.5 Å². The van der Waals surface area contributed by atoms with Gasteiger partial charge in [0.05, 0.1) is 7.11 Å². The molecule has 4 rings (SSSR count). The first-order chi connectivity index (χ1) is 19.5. The second-order valence-corrected chi connectivity index (χ2v) is 10.8. The van der Waals surface area contributed by atoms with E-state index in [1.165, 1.54) is 19.3 Å². The predicted molar refractivity (Wildman–Crippen MR) is 162 cm³/mol. The molecule has 212 valence electrons. The standard InChI is InChI=1S/C34H43N3O3/c1-25-13-12-14-26(2)31(25)36-33(38)30(22-17-27-15-8-7-9-16-27)35-34(39)32(28-18-20-29(40-3)21-19-28)37-23-10-5-4-6-11-24-37/h7-9,12-16,18-21,30,32H,4-6,10-11,17,22-24H2,1-3H3,(H,35,39)(H,36,38). The van der Waals surface area contributed by atoms with Crippen molar-refractivity contribution in [2.75, 3.05) is 25.5 Å². The maximum absolute atomic E-state index is 14.1. The van der Waals surface area contributed by atoms with Gasteiger partial charge in [0.15, 0.2) is 0 Å². The lowest BCUT2D eigenvalue weighted by Crippen LogP contribution is -2.49. The molecule has 1 heterocycles. The van der Waals surface area contributed by atoms with Crippen molar-refractivity contribution in [1.29, 1.82) is 0 Å². The highest BCUT2D eigenvalue weighted by Crippen LogP contribution is 2.27. The summed E-state index contributed by atoms with van der Waals surface area (Å²) in [6.07, 6.45) is 6.89. The van der Waals surface area contributed by atoms with Gasteiger partial charge in [-0.1, -0.05) is 79.9 Å². The lowest BCUT2D eigenvalue weighted by Gasteiger charge is -2.33. The Hall–Kier alpha value is -3.64. The SMILES string of the molecule is COc1ccc(C(C(=O)NC(CCc2ccccc2)C(=O)Nc2c(C)cccc2C)N2CCCCCCC2)cc1. The van der Waals surface area contributed by atoms with Crippen LogP contribution < -0.4 is 15.4 Å². The van der Waals surface area contributed by atoms with E-state index < -0.39 is 12.1 Å². The molecule has 1 aliphatic rings. The number of nitrogens with zero attached hydrogens (tertiary/aromatic N) is 1. The summed E-state index contributed by atoms with van der Waals surface area (Å²) in [6.45, 7) is 5.68. The van der Waals surface area contributed by atoms with Gasteiger partial charge in [-0.05, 0) is 87.0 Å². The lowest BCUT2D eigenvalue weighted by molar-refractivity contribution is -0.131. The Balaban J connectivity index is 1.60. The smallest absolute Gasteiger partial charge is 0.246 e. The van der Waals surface area contributed by atoms with Crippen molar-refractivity contribution in [3.8, 4) is 5.75 Å².